The van der Waals surface area contributed by atoms with E-state index in [-0.39, 0.29) is 0 Å². The van der Waals surface area contributed by atoms with Gasteiger partial charge in [0.05, 0.1) is 22.1 Å². The zero-order chi connectivity index (χ0) is 46.1. The highest BCUT2D eigenvalue weighted by molar-refractivity contribution is 6.16. The van der Waals surface area contributed by atoms with Gasteiger partial charge >= 0.3 is 0 Å². The molecular weight excluding hydrogens is 851 g/mol. The maximum absolute atomic E-state index is 6.86. The van der Waals surface area contributed by atoms with Crippen LogP contribution in [-0.4, -0.2) is 9.13 Å². The van der Waals surface area contributed by atoms with Crippen LogP contribution in [0.5, 0.6) is 0 Å². The van der Waals surface area contributed by atoms with Crippen molar-refractivity contribution in [1.82, 2.24) is 9.13 Å². The number of aromatic nitrogens is 2. The Morgan fingerprint density at radius 1 is 0.271 bits per heavy atom. The Balaban J connectivity index is 0.922. The smallest absolute Gasteiger partial charge is 0.143 e. The second-order valence-corrected chi connectivity index (χ2v) is 18.0. The molecule has 3 heterocycles. The molecule has 0 spiro atoms. The molecule has 70 heavy (non-hydrogen) atoms. The van der Waals surface area contributed by atoms with Gasteiger partial charge in [-0.05, 0) is 101 Å². The van der Waals surface area contributed by atoms with E-state index in [2.05, 4.69) is 275 Å². The Morgan fingerprint density at radius 2 is 0.686 bits per heavy atom. The average molecular weight is 894 g/mol. The van der Waals surface area contributed by atoms with Gasteiger partial charge in [0.15, 0.2) is 0 Å². The van der Waals surface area contributed by atoms with Crippen LogP contribution < -0.4 is 4.90 Å². The molecule has 3 aromatic heterocycles. The third-order valence-corrected chi connectivity index (χ3v) is 14.1. The molecule has 11 aromatic carbocycles. The molecule has 4 nitrogen and oxygen atoms in total. The molecule has 0 unspecified atom stereocenters. The first kappa shape index (κ1) is 39.8. The number of anilines is 3. The van der Waals surface area contributed by atoms with E-state index in [0.29, 0.717) is 0 Å². The first-order valence-corrected chi connectivity index (χ1v) is 23.9. The number of hydrogen-bond donors (Lipinski definition) is 0. The summed E-state index contributed by atoms with van der Waals surface area (Å²) in [7, 11) is 0. The lowest BCUT2D eigenvalue weighted by atomic mass is 9.98. The second kappa shape index (κ2) is 16.2. The summed E-state index contributed by atoms with van der Waals surface area (Å²) in [5.74, 6) is 0. The molecule has 0 amide bonds. The third kappa shape index (κ3) is 6.31. The number of nitrogens with zero attached hydrogens (tertiary/aromatic N) is 3. The monoisotopic (exact) mass is 893 g/mol. The average Bonchev–Trinajstić information content (AvgIpc) is 4.10. The van der Waals surface area contributed by atoms with Crippen LogP contribution in [0.4, 0.5) is 17.1 Å². The number of rotatable bonds is 8. The summed E-state index contributed by atoms with van der Waals surface area (Å²) < 4.78 is 11.6. The Bertz CT molecular complexity index is 4260. The Kier molecular flexibility index (Phi) is 9.17. The summed E-state index contributed by atoms with van der Waals surface area (Å²) in [6.07, 6.45) is 0. The molecule has 0 N–H and O–H groups in total. The standard InChI is InChI=1S/C66H43N3O/c1-4-17-44(18-5-1)53-26-14-28-57-58-29-15-27-54(66(58)70-65(53)57)46-35-39-50(40-36-46)67(51-41-42-56-55-23-10-12-30-60(55)69(63(56)43-51)48-21-8-3-9-22-48)49-37-33-45(34-38-49)52-25-16-32-62-64(52)59-24-11-13-31-61(59)68(62)47-19-6-2-7-20-47/h1-43H. The van der Waals surface area contributed by atoms with Gasteiger partial charge in [-0.25, -0.2) is 0 Å². The fourth-order valence-electron chi connectivity index (χ4n) is 11.0. The summed E-state index contributed by atoms with van der Waals surface area (Å²) in [4.78, 5) is 2.38. The van der Waals surface area contributed by atoms with Gasteiger partial charge in [0.2, 0.25) is 0 Å². The summed E-state index contributed by atoms with van der Waals surface area (Å²) in [6, 6.07) is 93.9. The van der Waals surface area contributed by atoms with E-state index < -0.39 is 0 Å². The largest absolute Gasteiger partial charge is 0.455 e. The van der Waals surface area contributed by atoms with E-state index in [1.165, 1.54) is 43.7 Å². The van der Waals surface area contributed by atoms with E-state index in [1.54, 1.807) is 0 Å². The molecular formula is C66H43N3O. The molecule has 0 aliphatic rings. The highest BCUT2D eigenvalue weighted by Gasteiger charge is 2.21. The highest BCUT2D eigenvalue weighted by atomic mass is 16.3. The molecule has 0 atom stereocenters. The first-order chi connectivity index (χ1) is 34.7. The summed E-state index contributed by atoms with van der Waals surface area (Å²) >= 11 is 0. The van der Waals surface area contributed by atoms with Crippen LogP contribution in [-0.2, 0) is 0 Å². The predicted molar refractivity (Wildman–Crippen MR) is 293 cm³/mol. The fraction of sp³-hybridized carbons (Fsp3) is 0. The van der Waals surface area contributed by atoms with Gasteiger partial charge in [-0.1, -0.05) is 182 Å². The summed E-state index contributed by atoms with van der Waals surface area (Å²) in [5, 5.41) is 7.15. The molecule has 0 radical (unpaired) electrons. The van der Waals surface area contributed by atoms with Crippen molar-refractivity contribution in [3.05, 3.63) is 261 Å². The van der Waals surface area contributed by atoms with Crippen molar-refractivity contribution in [2.24, 2.45) is 0 Å². The molecule has 328 valence electrons. The fourth-order valence-corrected chi connectivity index (χ4v) is 11.0. The lowest BCUT2D eigenvalue weighted by Crippen LogP contribution is -2.10. The van der Waals surface area contributed by atoms with Crippen molar-refractivity contribution < 1.29 is 4.42 Å². The SMILES string of the molecule is c1ccc(-c2cccc3c2oc2c(-c4ccc(N(c5ccc(-c6cccc7c6c6ccccc6n7-c6ccccc6)cc5)c5ccc6c7ccccc7n(-c7ccccc7)c6c5)cc4)cccc23)cc1. The minimum absolute atomic E-state index is 0.891. The molecule has 14 aromatic rings. The zero-order valence-corrected chi connectivity index (χ0v) is 38.1. The molecule has 0 saturated heterocycles. The number of furan rings is 1. The highest BCUT2D eigenvalue weighted by Crippen LogP contribution is 2.44. The van der Waals surface area contributed by atoms with Gasteiger partial charge in [-0.3, -0.25) is 0 Å². The van der Waals surface area contributed by atoms with Crippen molar-refractivity contribution in [2.75, 3.05) is 4.90 Å². The quantitative estimate of drug-likeness (QED) is 0.152. The van der Waals surface area contributed by atoms with E-state index in [1.807, 2.05) is 0 Å². The summed E-state index contributed by atoms with van der Waals surface area (Å²) in [5.41, 5.74) is 18.7. The molecule has 0 bridgehead atoms. The second-order valence-electron chi connectivity index (χ2n) is 18.0. The minimum atomic E-state index is 0.891. The van der Waals surface area contributed by atoms with Gasteiger partial charge < -0.3 is 18.5 Å². The number of hydrogen-bond acceptors (Lipinski definition) is 2. The molecule has 0 fully saturated rings. The van der Waals surface area contributed by atoms with Crippen LogP contribution >= 0.6 is 0 Å². The van der Waals surface area contributed by atoms with Crippen LogP contribution in [0.3, 0.4) is 0 Å². The van der Waals surface area contributed by atoms with Crippen molar-refractivity contribution in [3.8, 4) is 44.8 Å². The van der Waals surface area contributed by atoms with Gasteiger partial charge in [-0.15, -0.1) is 0 Å². The van der Waals surface area contributed by atoms with Gasteiger partial charge in [-0.2, -0.15) is 0 Å². The zero-order valence-electron chi connectivity index (χ0n) is 38.1. The summed E-state index contributed by atoms with van der Waals surface area (Å²) in [6.45, 7) is 0. The van der Waals surface area contributed by atoms with E-state index in [9.17, 15) is 0 Å². The van der Waals surface area contributed by atoms with Crippen molar-refractivity contribution in [2.45, 2.75) is 0 Å². The van der Waals surface area contributed by atoms with Crippen molar-refractivity contribution >= 4 is 82.6 Å². The van der Waals surface area contributed by atoms with E-state index >= 15 is 0 Å². The van der Waals surface area contributed by atoms with Gasteiger partial charge in [0.25, 0.3) is 0 Å². The Morgan fingerprint density at radius 3 is 1.30 bits per heavy atom. The molecule has 0 aliphatic heterocycles. The van der Waals surface area contributed by atoms with Crippen LogP contribution in [0.1, 0.15) is 0 Å². The lowest BCUT2D eigenvalue weighted by Gasteiger charge is -2.26. The van der Waals surface area contributed by atoms with Crippen LogP contribution in [0.15, 0.2) is 265 Å². The predicted octanol–water partition coefficient (Wildman–Crippen LogP) is 18.3. The maximum Gasteiger partial charge on any atom is 0.143 e. The molecule has 4 heteroatoms. The van der Waals surface area contributed by atoms with Gasteiger partial charge in [0, 0.05) is 71.9 Å². The lowest BCUT2D eigenvalue weighted by molar-refractivity contribution is 0.671. The van der Waals surface area contributed by atoms with Crippen molar-refractivity contribution in [3.63, 3.8) is 0 Å². The Labute approximate surface area is 404 Å². The van der Waals surface area contributed by atoms with E-state index in [4.69, 9.17) is 4.42 Å². The minimum Gasteiger partial charge on any atom is -0.455 e. The number of fused-ring (bicyclic) bond motifs is 9. The van der Waals surface area contributed by atoms with Crippen molar-refractivity contribution in [1.29, 1.82) is 0 Å². The third-order valence-electron chi connectivity index (χ3n) is 14.1. The van der Waals surface area contributed by atoms with Crippen LogP contribution in [0.25, 0.3) is 110 Å². The number of benzene rings is 11. The van der Waals surface area contributed by atoms with Gasteiger partial charge in [0.1, 0.15) is 11.2 Å². The maximum atomic E-state index is 6.86. The van der Waals surface area contributed by atoms with E-state index in [0.717, 1.165) is 83.7 Å². The first-order valence-electron chi connectivity index (χ1n) is 23.9. The number of para-hydroxylation sites is 6. The molecule has 0 aliphatic carbocycles. The van der Waals surface area contributed by atoms with Crippen LogP contribution in [0.2, 0.25) is 0 Å². The molecule has 14 rings (SSSR count). The normalized spacial score (nSPS) is 11.7. The molecule has 0 saturated carbocycles. The Hall–Kier alpha value is -9.38. The topological polar surface area (TPSA) is 26.2 Å². The van der Waals surface area contributed by atoms with Crippen LogP contribution in [0, 0.1) is 0 Å².